The number of nitrogens with zero attached hydrogens (tertiary/aromatic N) is 3. The number of thioether (sulfide) groups is 1. The highest BCUT2D eigenvalue weighted by molar-refractivity contribution is 7.99. The van der Waals surface area contributed by atoms with Crippen molar-refractivity contribution in [1.82, 2.24) is 25.1 Å². The average Bonchev–Trinajstić information content (AvgIpc) is 3.51. The molecule has 0 fully saturated rings. The average molecular weight is 488 g/mol. The molecule has 0 saturated carbocycles. The van der Waals surface area contributed by atoms with Crippen molar-refractivity contribution >= 4 is 40.2 Å². The predicted octanol–water partition coefficient (Wildman–Crippen LogP) is 5.44. The molecule has 2 N–H and O–H groups in total. The number of para-hydroxylation sites is 1. The maximum Gasteiger partial charge on any atom is 0.230 e. The number of rotatable bonds is 8. The number of carbonyl (C=O) groups is 1. The highest BCUT2D eigenvalue weighted by atomic mass is 35.5. The van der Waals surface area contributed by atoms with E-state index in [1.165, 1.54) is 11.8 Å². The SMILES string of the molecule is O=C(CSc1nncn1-c1cccc(Cl)c1)NCC(c1ccccc1)c1c[nH]c2ccccc12. The van der Waals surface area contributed by atoms with Gasteiger partial charge < -0.3 is 10.3 Å². The number of fused-ring (bicyclic) bond motifs is 1. The van der Waals surface area contributed by atoms with Gasteiger partial charge in [0.15, 0.2) is 5.16 Å². The fourth-order valence-electron chi connectivity index (χ4n) is 4.00. The van der Waals surface area contributed by atoms with Gasteiger partial charge in [0.1, 0.15) is 6.33 Å². The molecular formula is C26H22ClN5OS. The van der Waals surface area contributed by atoms with Crippen molar-refractivity contribution in [1.29, 1.82) is 0 Å². The summed E-state index contributed by atoms with van der Waals surface area (Å²) in [6.07, 6.45) is 3.66. The van der Waals surface area contributed by atoms with Crippen molar-refractivity contribution in [3.05, 3.63) is 108 Å². The lowest BCUT2D eigenvalue weighted by Crippen LogP contribution is -2.30. The fourth-order valence-corrected chi connectivity index (χ4v) is 4.94. The first-order chi connectivity index (χ1) is 16.7. The number of carbonyl (C=O) groups excluding carboxylic acids is 1. The summed E-state index contributed by atoms with van der Waals surface area (Å²) in [5, 5.41) is 13.7. The van der Waals surface area contributed by atoms with Crippen molar-refractivity contribution in [3.8, 4) is 5.69 Å². The number of benzene rings is 3. The molecule has 6 nitrogen and oxygen atoms in total. The van der Waals surface area contributed by atoms with Gasteiger partial charge in [-0.3, -0.25) is 9.36 Å². The van der Waals surface area contributed by atoms with Crippen LogP contribution in [0.5, 0.6) is 0 Å². The van der Waals surface area contributed by atoms with Gasteiger partial charge in [0.05, 0.1) is 11.4 Å². The minimum atomic E-state index is -0.0635. The van der Waals surface area contributed by atoms with Crippen LogP contribution in [0, 0.1) is 0 Å². The number of H-pyrrole nitrogens is 1. The normalized spacial score (nSPS) is 12.0. The van der Waals surface area contributed by atoms with Gasteiger partial charge in [-0.15, -0.1) is 10.2 Å². The molecule has 170 valence electrons. The Morgan fingerprint density at radius 3 is 2.74 bits per heavy atom. The lowest BCUT2D eigenvalue weighted by molar-refractivity contribution is -0.118. The van der Waals surface area contributed by atoms with Crippen LogP contribution in [0.3, 0.4) is 0 Å². The summed E-state index contributed by atoms with van der Waals surface area (Å²) in [6, 6.07) is 25.9. The smallest absolute Gasteiger partial charge is 0.230 e. The fraction of sp³-hybridized carbons (Fsp3) is 0.115. The zero-order valence-corrected chi connectivity index (χ0v) is 19.8. The Balaban J connectivity index is 1.29. The second-order valence-electron chi connectivity index (χ2n) is 7.81. The molecule has 1 unspecified atom stereocenters. The third kappa shape index (κ3) is 4.85. The molecule has 34 heavy (non-hydrogen) atoms. The van der Waals surface area contributed by atoms with E-state index in [1.54, 1.807) is 6.33 Å². The van der Waals surface area contributed by atoms with Gasteiger partial charge in [0.2, 0.25) is 5.91 Å². The third-order valence-electron chi connectivity index (χ3n) is 5.64. The second-order valence-corrected chi connectivity index (χ2v) is 9.19. The van der Waals surface area contributed by atoms with E-state index in [9.17, 15) is 4.79 Å². The number of halogens is 1. The monoisotopic (exact) mass is 487 g/mol. The molecule has 0 saturated heterocycles. The van der Waals surface area contributed by atoms with Gasteiger partial charge in [0, 0.05) is 34.6 Å². The molecular weight excluding hydrogens is 466 g/mol. The highest BCUT2D eigenvalue weighted by Crippen LogP contribution is 2.30. The topological polar surface area (TPSA) is 75.6 Å². The first-order valence-electron chi connectivity index (χ1n) is 10.9. The summed E-state index contributed by atoms with van der Waals surface area (Å²) >= 11 is 7.45. The second kappa shape index (κ2) is 10.2. The first kappa shape index (κ1) is 22.3. The Labute approximate surface area is 206 Å². The molecule has 0 aliphatic carbocycles. The Bertz CT molecular complexity index is 1420. The van der Waals surface area contributed by atoms with E-state index < -0.39 is 0 Å². The number of nitrogens with one attached hydrogen (secondary N) is 2. The van der Waals surface area contributed by atoms with Gasteiger partial charge in [0.25, 0.3) is 0 Å². The number of amides is 1. The molecule has 5 rings (SSSR count). The van der Waals surface area contributed by atoms with E-state index >= 15 is 0 Å². The standard InChI is InChI=1S/C26H22ClN5OS/c27-19-9-6-10-20(13-19)32-17-30-31-26(32)34-16-25(33)29-14-22(18-7-2-1-3-8-18)23-15-28-24-12-5-4-11-21(23)24/h1-13,15,17,22,28H,14,16H2,(H,29,33). The van der Waals surface area contributed by atoms with E-state index in [0.717, 1.165) is 27.7 Å². The summed E-state index contributed by atoms with van der Waals surface area (Å²) in [7, 11) is 0. The van der Waals surface area contributed by atoms with Crippen LogP contribution < -0.4 is 5.32 Å². The predicted molar refractivity (Wildman–Crippen MR) is 137 cm³/mol. The first-order valence-corrected chi connectivity index (χ1v) is 12.2. The van der Waals surface area contributed by atoms with E-state index in [-0.39, 0.29) is 17.6 Å². The highest BCUT2D eigenvalue weighted by Gasteiger charge is 2.19. The molecule has 0 aliphatic heterocycles. The molecule has 3 aromatic carbocycles. The van der Waals surface area contributed by atoms with Crippen molar-refractivity contribution in [2.24, 2.45) is 0 Å². The summed E-state index contributed by atoms with van der Waals surface area (Å²) in [6.45, 7) is 0.492. The molecule has 5 aromatic rings. The van der Waals surface area contributed by atoms with Gasteiger partial charge >= 0.3 is 0 Å². The van der Waals surface area contributed by atoms with Crippen LogP contribution in [0.15, 0.2) is 96.5 Å². The van der Waals surface area contributed by atoms with Crippen LogP contribution in [0.4, 0.5) is 0 Å². The summed E-state index contributed by atoms with van der Waals surface area (Å²) in [5.74, 6) is 0.196. The summed E-state index contributed by atoms with van der Waals surface area (Å²) in [5.41, 5.74) is 4.25. The Kier molecular flexibility index (Phi) is 6.65. The molecule has 8 heteroatoms. The van der Waals surface area contributed by atoms with Crippen molar-refractivity contribution in [2.75, 3.05) is 12.3 Å². The molecule has 0 aliphatic rings. The Morgan fingerprint density at radius 1 is 1.06 bits per heavy atom. The van der Waals surface area contributed by atoms with E-state index in [2.05, 4.69) is 44.8 Å². The van der Waals surface area contributed by atoms with Gasteiger partial charge in [-0.2, -0.15) is 0 Å². The minimum absolute atomic E-state index is 0.0291. The lowest BCUT2D eigenvalue weighted by Gasteiger charge is -2.18. The van der Waals surface area contributed by atoms with Crippen molar-refractivity contribution < 1.29 is 4.79 Å². The molecule has 0 radical (unpaired) electrons. The zero-order valence-electron chi connectivity index (χ0n) is 18.2. The van der Waals surface area contributed by atoms with E-state index in [4.69, 9.17) is 11.6 Å². The maximum absolute atomic E-state index is 12.8. The quantitative estimate of drug-likeness (QED) is 0.286. The number of hydrogen-bond acceptors (Lipinski definition) is 4. The van der Waals surface area contributed by atoms with Crippen LogP contribution in [-0.2, 0) is 4.79 Å². The van der Waals surface area contributed by atoms with Crippen LogP contribution >= 0.6 is 23.4 Å². The van der Waals surface area contributed by atoms with Crippen LogP contribution in [0.1, 0.15) is 17.0 Å². The molecule has 2 aromatic heterocycles. The number of hydrogen-bond donors (Lipinski definition) is 2. The van der Waals surface area contributed by atoms with Crippen LogP contribution in [0.25, 0.3) is 16.6 Å². The minimum Gasteiger partial charge on any atom is -0.361 e. The Morgan fingerprint density at radius 2 is 1.88 bits per heavy atom. The third-order valence-corrected chi connectivity index (χ3v) is 6.82. The number of aromatic amines is 1. The molecule has 0 bridgehead atoms. The van der Waals surface area contributed by atoms with Crippen LogP contribution in [0.2, 0.25) is 5.02 Å². The van der Waals surface area contributed by atoms with Gasteiger partial charge in [-0.1, -0.05) is 78.0 Å². The van der Waals surface area contributed by atoms with Gasteiger partial charge in [-0.05, 0) is 35.4 Å². The summed E-state index contributed by atoms with van der Waals surface area (Å²) in [4.78, 5) is 16.1. The number of aromatic nitrogens is 4. The largest absolute Gasteiger partial charge is 0.361 e. The van der Waals surface area contributed by atoms with Gasteiger partial charge in [-0.25, -0.2) is 0 Å². The lowest BCUT2D eigenvalue weighted by atomic mass is 9.91. The van der Waals surface area contributed by atoms with Crippen LogP contribution in [-0.4, -0.2) is 38.0 Å². The van der Waals surface area contributed by atoms with E-state index in [0.29, 0.717) is 16.7 Å². The molecule has 0 spiro atoms. The van der Waals surface area contributed by atoms with E-state index in [1.807, 2.05) is 65.4 Å². The molecule has 1 atom stereocenters. The molecule has 1 amide bonds. The zero-order chi connectivity index (χ0) is 23.3. The maximum atomic E-state index is 12.8. The Hall–Kier alpha value is -3.55. The molecule has 2 heterocycles. The van der Waals surface area contributed by atoms with Crippen molar-refractivity contribution in [3.63, 3.8) is 0 Å². The summed E-state index contributed by atoms with van der Waals surface area (Å²) < 4.78 is 1.82. The van der Waals surface area contributed by atoms with Crippen molar-refractivity contribution in [2.45, 2.75) is 11.1 Å².